The molecule has 0 fully saturated rings. The minimum Gasteiger partial charge on any atom is -0.493 e. The van der Waals surface area contributed by atoms with Gasteiger partial charge in [-0.1, -0.05) is 41.9 Å². The van der Waals surface area contributed by atoms with Gasteiger partial charge in [-0.05, 0) is 24.6 Å². The topological polar surface area (TPSA) is 39.7 Å². The lowest BCUT2D eigenvalue weighted by Crippen LogP contribution is -2.17. The minimum atomic E-state index is 0.482. The van der Waals surface area contributed by atoms with E-state index >= 15 is 0 Å². The van der Waals surface area contributed by atoms with Crippen LogP contribution in [-0.4, -0.2) is 27.4 Å². The quantitative estimate of drug-likeness (QED) is 0.657. The second-order valence-corrected chi connectivity index (χ2v) is 5.83. The number of methoxy groups -OCH3 is 2. The van der Waals surface area contributed by atoms with Gasteiger partial charge in [-0.2, -0.15) is 0 Å². The summed E-state index contributed by atoms with van der Waals surface area (Å²) in [6, 6.07) is 13.7. The molecule has 2 rings (SSSR count). The van der Waals surface area contributed by atoms with Crippen molar-refractivity contribution in [2.24, 2.45) is 0 Å². The van der Waals surface area contributed by atoms with Gasteiger partial charge < -0.3 is 19.5 Å². The zero-order valence-electron chi connectivity index (χ0n) is 14.2. The van der Waals surface area contributed by atoms with Crippen molar-refractivity contribution in [1.82, 2.24) is 5.32 Å². The molecule has 0 unspecified atom stereocenters. The summed E-state index contributed by atoms with van der Waals surface area (Å²) in [4.78, 5) is 0. The fourth-order valence-electron chi connectivity index (χ4n) is 2.36. The van der Waals surface area contributed by atoms with Crippen LogP contribution >= 0.6 is 11.6 Å². The number of hydrogen-bond donors (Lipinski definition) is 1. The Morgan fingerprint density at radius 3 is 2.58 bits per heavy atom. The van der Waals surface area contributed by atoms with Crippen molar-refractivity contribution >= 4 is 11.6 Å². The standard InChI is InChI=1S/C19H24ClNO3/c1-22-10-6-9-21-13-16-11-17(20)12-18(23-2)19(16)24-14-15-7-4-3-5-8-15/h3-5,7-8,11-12,21H,6,9-10,13-14H2,1-2H3. The van der Waals surface area contributed by atoms with Gasteiger partial charge in [0.1, 0.15) is 6.61 Å². The van der Waals surface area contributed by atoms with Crippen LogP contribution < -0.4 is 14.8 Å². The fraction of sp³-hybridized carbons (Fsp3) is 0.368. The van der Waals surface area contributed by atoms with Crippen LogP contribution in [0.2, 0.25) is 5.02 Å². The monoisotopic (exact) mass is 349 g/mol. The Bertz CT molecular complexity index is 620. The first-order chi connectivity index (χ1) is 11.7. The average Bonchev–Trinajstić information content (AvgIpc) is 2.61. The van der Waals surface area contributed by atoms with E-state index in [0.29, 0.717) is 23.9 Å². The molecule has 0 spiro atoms. The predicted molar refractivity (Wildman–Crippen MR) is 97.0 cm³/mol. The Morgan fingerprint density at radius 1 is 1.08 bits per heavy atom. The molecule has 0 aliphatic carbocycles. The maximum atomic E-state index is 6.20. The minimum absolute atomic E-state index is 0.482. The molecule has 1 N–H and O–H groups in total. The lowest BCUT2D eigenvalue weighted by Gasteiger charge is -2.16. The summed E-state index contributed by atoms with van der Waals surface area (Å²) in [6.45, 7) is 2.74. The number of hydrogen-bond acceptors (Lipinski definition) is 4. The summed E-state index contributed by atoms with van der Waals surface area (Å²) in [7, 11) is 3.33. The maximum absolute atomic E-state index is 6.20. The Balaban J connectivity index is 2.08. The summed E-state index contributed by atoms with van der Waals surface area (Å²) >= 11 is 6.20. The molecular weight excluding hydrogens is 326 g/mol. The van der Waals surface area contributed by atoms with E-state index in [4.69, 9.17) is 25.8 Å². The number of rotatable bonds is 10. The molecule has 0 aliphatic heterocycles. The van der Waals surface area contributed by atoms with Crippen LogP contribution in [0.4, 0.5) is 0 Å². The highest BCUT2D eigenvalue weighted by Gasteiger charge is 2.13. The molecule has 4 nitrogen and oxygen atoms in total. The van der Waals surface area contributed by atoms with Gasteiger partial charge in [0.15, 0.2) is 11.5 Å². The first-order valence-electron chi connectivity index (χ1n) is 7.97. The average molecular weight is 350 g/mol. The van der Waals surface area contributed by atoms with E-state index in [2.05, 4.69) is 5.32 Å². The van der Waals surface area contributed by atoms with E-state index in [1.165, 1.54) is 0 Å². The molecule has 0 heterocycles. The van der Waals surface area contributed by atoms with Gasteiger partial charge in [-0.15, -0.1) is 0 Å². The number of benzene rings is 2. The highest BCUT2D eigenvalue weighted by molar-refractivity contribution is 6.30. The van der Waals surface area contributed by atoms with Crippen molar-refractivity contribution in [2.45, 2.75) is 19.6 Å². The van der Waals surface area contributed by atoms with E-state index in [9.17, 15) is 0 Å². The van der Waals surface area contributed by atoms with Crippen LogP contribution in [0.3, 0.4) is 0 Å². The van der Waals surface area contributed by atoms with Crippen molar-refractivity contribution in [3.63, 3.8) is 0 Å². The molecule has 0 amide bonds. The second-order valence-electron chi connectivity index (χ2n) is 5.39. The van der Waals surface area contributed by atoms with Gasteiger partial charge >= 0.3 is 0 Å². The largest absolute Gasteiger partial charge is 0.493 e. The Labute approximate surface area is 148 Å². The molecule has 5 heteroatoms. The van der Waals surface area contributed by atoms with E-state index in [1.807, 2.05) is 36.4 Å². The molecule has 0 saturated carbocycles. The molecule has 0 atom stereocenters. The normalized spacial score (nSPS) is 10.6. The van der Waals surface area contributed by atoms with Crippen LogP contribution in [0.15, 0.2) is 42.5 Å². The Morgan fingerprint density at radius 2 is 1.88 bits per heavy atom. The predicted octanol–water partition coefficient (Wildman–Crippen LogP) is 4.05. The molecule has 130 valence electrons. The van der Waals surface area contributed by atoms with E-state index in [0.717, 1.165) is 36.4 Å². The first kappa shape index (κ1) is 18.6. The van der Waals surface area contributed by atoms with Crippen LogP contribution in [0.25, 0.3) is 0 Å². The fourth-order valence-corrected chi connectivity index (χ4v) is 2.59. The molecule has 2 aromatic carbocycles. The third-order valence-corrected chi connectivity index (χ3v) is 3.78. The highest BCUT2D eigenvalue weighted by Crippen LogP contribution is 2.35. The van der Waals surface area contributed by atoms with Crippen molar-refractivity contribution < 1.29 is 14.2 Å². The van der Waals surface area contributed by atoms with Crippen LogP contribution in [0.5, 0.6) is 11.5 Å². The molecular formula is C19H24ClNO3. The number of halogens is 1. The smallest absolute Gasteiger partial charge is 0.166 e. The van der Waals surface area contributed by atoms with Gasteiger partial charge in [0.05, 0.1) is 7.11 Å². The van der Waals surface area contributed by atoms with E-state index in [1.54, 1.807) is 20.3 Å². The molecule has 0 bridgehead atoms. The Hall–Kier alpha value is -1.75. The van der Waals surface area contributed by atoms with Crippen molar-refractivity contribution in [2.75, 3.05) is 27.4 Å². The molecule has 0 aromatic heterocycles. The SMILES string of the molecule is COCCCNCc1cc(Cl)cc(OC)c1OCc1ccccc1. The lowest BCUT2D eigenvalue weighted by atomic mass is 10.1. The molecule has 0 aliphatic rings. The lowest BCUT2D eigenvalue weighted by molar-refractivity contribution is 0.194. The highest BCUT2D eigenvalue weighted by atomic mass is 35.5. The number of nitrogens with one attached hydrogen (secondary N) is 1. The Kier molecular flexibility index (Phi) is 7.89. The van der Waals surface area contributed by atoms with Crippen molar-refractivity contribution in [3.8, 4) is 11.5 Å². The van der Waals surface area contributed by atoms with Crippen molar-refractivity contribution in [3.05, 3.63) is 58.6 Å². The van der Waals surface area contributed by atoms with Crippen LogP contribution in [-0.2, 0) is 17.9 Å². The molecule has 0 saturated heterocycles. The van der Waals surface area contributed by atoms with Gasteiger partial charge in [0, 0.05) is 36.9 Å². The van der Waals surface area contributed by atoms with Gasteiger partial charge in [-0.3, -0.25) is 0 Å². The van der Waals surface area contributed by atoms with Gasteiger partial charge in [-0.25, -0.2) is 0 Å². The summed E-state index contributed by atoms with van der Waals surface area (Å²) in [5.41, 5.74) is 2.08. The zero-order valence-corrected chi connectivity index (χ0v) is 14.9. The third-order valence-electron chi connectivity index (χ3n) is 3.56. The van der Waals surface area contributed by atoms with Crippen LogP contribution in [0.1, 0.15) is 17.5 Å². The third kappa shape index (κ3) is 5.71. The maximum Gasteiger partial charge on any atom is 0.166 e. The number of ether oxygens (including phenoxy) is 3. The summed E-state index contributed by atoms with van der Waals surface area (Å²) in [5.74, 6) is 1.37. The van der Waals surface area contributed by atoms with Crippen molar-refractivity contribution in [1.29, 1.82) is 0 Å². The second kappa shape index (κ2) is 10.2. The van der Waals surface area contributed by atoms with Gasteiger partial charge in [0.25, 0.3) is 0 Å². The van der Waals surface area contributed by atoms with Gasteiger partial charge in [0.2, 0.25) is 0 Å². The summed E-state index contributed by atoms with van der Waals surface area (Å²) in [6.07, 6.45) is 0.953. The van der Waals surface area contributed by atoms with E-state index in [-0.39, 0.29) is 0 Å². The first-order valence-corrected chi connectivity index (χ1v) is 8.35. The van der Waals surface area contributed by atoms with Crippen LogP contribution in [0, 0.1) is 0 Å². The summed E-state index contributed by atoms with van der Waals surface area (Å²) < 4.78 is 16.5. The summed E-state index contributed by atoms with van der Waals surface area (Å²) in [5, 5.41) is 4.01. The van der Waals surface area contributed by atoms with E-state index < -0.39 is 0 Å². The molecule has 0 radical (unpaired) electrons. The molecule has 2 aromatic rings. The molecule has 24 heavy (non-hydrogen) atoms. The zero-order chi connectivity index (χ0) is 17.2.